The van der Waals surface area contributed by atoms with Gasteiger partial charge in [0.25, 0.3) is 0 Å². The zero-order valence-electron chi connectivity index (χ0n) is 11.8. The Bertz CT molecular complexity index is 230. The molecule has 1 amide bonds. The van der Waals surface area contributed by atoms with Crippen molar-refractivity contribution in [2.75, 3.05) is 19.6 Å². The topological polar surface area (TPSA) is 32.3 Å². The first kappa shape index (κ1) is 14.5. The molecule has 0 aliphatic carbocycles. The van der Waals surface area contributed by atoms with Crippen molar-refractivity contribution in [3.05, 3.63) is 0 Å². The largest absolute Gasteiger partial charge is 0.354 e. The number of nitrogens with one attached hydrogen (secondary N) is 1. The number of hydrogen-bond donors (Lipinski definition) is 1. The number of amides is 1. The quantitative estimate of drug-likeness (QED) is 0.799. The number of carbonyl (C=O) groups is 1. The standard InChI is InChI=1S/C14H28N2O/c1-11(2)5-8-16-9-6-13(7-10-16)14(17)15-12(3)4/h11-13H,5-10H2,1-4H3,(H,15,17). The Morgan fingerprint density at radius 2 is 1.82 bits per heavy atom. The molecule has 0 bridgehead atoms. The van der Waals surface area contributed by atoms with Gasteiger partial charge in [-0.15, -0.1) is 0 Å². The molecule has 0 spiro atoms. The Hall–Kier alpha value is -0.570. The third kappa shape index (κ3) is 5.53. The molecule has 0 aromatic carbocycles. The van der Waals surface area contributed by atoms with Crippen molar-refractivity contribution in [2.45, 2.75) is 53.0 Å². The van der Waals surface area contributed by atoms with Crippen molar-refractivity contribution in [3.63, 3.8) is 0 Å². The molecule has 1 saturated heterocycles. The van der Waals surface area contributed by atoms with E-state index >= 15 is 0 Å². The highest BCUT2D eigenvalue weighted by Crippen LogP contribution is 2.18. The summed E-state index contributed by atoms with van der Waals surface area (Å²) in [6, 6.07) is 0.265. The molecule has 0 unspecified atom stereocenters. The Morgan fingerprint density at radius 1 is 1.24 bits per heavy atom. The highest BCUT2D eigenvalue weighted by atomic mass is 16.1. The van der Waals surface area contributed by atoms with E-state index < -0.39 is 0 Å². The first-order valence-corrected chi connectivity index (χ1v) is 7.01. The van der Waals surface area contributed by atoms with Crippen LogP contribution in [0, 0.1) is 11.8 Å². The van der Waals surface area contributed by atoms with Crippen molar-refractivity contribution in [3.8, 4) is 0 Å². The smallest absolute Gasteiger partial charge is 0.223 e. The van der Waals surface area contributed by atoms with Crippen LogP contribution in [0.25, 0.3) is 0 Å². The van der Waals surface area contributed by atoms with Gasteiger partial charge >= 0.3 is 0 Å². The summed E-state index contributed by atoms with van der Waals surface area (Å²) in [5.74, 6) is 1.27. The van der Waals surface area contributed by atoms with E-state index in [1.54, 1.807) is 0 Å². The predicted octanol–water partition coefficient (Wildman–Crippen LogP) is 2.27. The van der Waals surface area contributed by atoms with E-state index in [9.17, 15) is 4.79 Å². The van der Waals surface area contributed by atoms with Gasteiger partial charge in [-0.25, -0.2) is 0 Å². The summed E-state index contributed by atoms with van der Waals surface area (Å²) in [5.41, 5.74) is 0. The van der Waals surface area contributed by atoms with Gasteiger partial charge < -0.3 is 10.2 Å². The van der Waals surface area contributed by atoms with Crippen LogP contribution in [0.5, 0.6) is 0 Å². The Labute approximate surface area is 106 Å². The van der Waals surface area contributed by atoms with Crippen molar-refractivity contribution in [1.29, 1.82) is 0 Å². The van der Waals surface area contributed by atoms with Gasteiger partial charge in [0.15, 0.2) is 0 Å². The molecule has 3 nitrogen and oxygen atoms in total. The van der Waals surface area contributed by atoms with Crippen LogP contribution in [0.2, 0.25) is 0 Å². The van der Waals surface area contributed by atoms with Gasteiger partial charge in [0.1, 0.15) is 0 Å². The fourth-order valence-electron chi connectivity index (χ4n) is 2.26. The van der Waals surface area contributed by atoms with E-state index in [-0.39, 0.29) is 17.9 Å². The molecule has 0 radical (unpaired) electrons. The van der Waals surface area contributed by atoms with Crippen LogP contribution < -0.4 is 5.32 Å². The predicted molar refractivity (Wildman–Crippen MR) is 71.9 cm³/mol. The van der Waals surface area contributed by atoms with Crippen molar-refractivity contribution in [2.24, 2.45) is 11.8 Å². The van der Waals surface area contributed by atoms with Crippen LogP contribution in [-0.2, 0) is 4.79 Å². The minimum Gasteiger partial charge on any atom is -0.354 e. The molecule has 1 aliphatic heterocycles. The number of piperidine rings is 1. The molecular formula is C14H28N2O. The Morgan fingerprint density at radius 3 is 2.29 bits per heavy atom. The average molecular weight is 240 g/mol. The summed E-state index contributed by atoms with van der Waals surface area (Å²) in [4.78, 5) is 14.4. The molecule has 1 rings (SSSR count). The first-order valence-electron chi connectivity index (χ1n) is 7.01. The molecule has 1 fully saturated rings. The van der Waals surface area contributed by atoms with Gasteiger partial charge in [0, 0.05) is 12.0 Å². The third-order valence-electron chi connectivity index (χ3n) is 3.41. The third-order valence-corrected chi connectivity index (χ3v) is 3.41. The first-order chi connectivity index (χ1) is 7.99. The molecule has 1 N–H and O–H groups in total. The Kier molecular flexibility index (Phi) is 5.96. The van der Waals surface area contributed by atoms with Crippen LogP contribution in [0.15, 0.2) is 0 Å². The van der Waals surface area contributed by atoms with E-state index in [1.807, 2.05) is 13.8 Å². The van der Waals surface area contributed by atoms with E-state index in [2.05, 4.69) is 24.1 Å². The second-order valence-corrected chi connectivity index (χ2v) is 5.96. The number of rotatable bonds is 5. The van der Waals surface area contributed by atoms with Crippen LogP contribution in [0.4, 0.5) is 0 Å². The van der Waals surface area contributed by atoms with Crippen LogP contribution >= 0.6 is 0 Å². The summed E-state index contributed by atoms with van der Waals surface area (Å²) in [7, 11) is 0. The van der Waals surface area contributed by atoms with Gasteiger partial charge in [0.2, 0.25) is 5.91 Å². The zero-order chi connectivity index (χ0) is 12.8. The van der Waals surface area contributed by atoms with E-state index in [0.717, 1.165) is 31.8 Å². The summed E-state index contributed by atoms with van der Waals surface area (Å²) in [6.45, 7) is 11.9. The molecule has 1 heterocycles. The number of nitrogens with zero attached hydrogens (tertiary/aromatic N) is 1. The minimum atomic E-state index is 0.243. The molecule has 100 valence electrons. The second kappa shape index (κ2) is 7.00. The lowest BCUT2D eigenvalue weighted by molar-refractivity contribution is -0.126. The Balaban J connectivity index is 2.23. The highest BCUT2D eigenvalue weighted by Gasteiger charge is 2.24. The van der Waals surface area contributed by atoms with Gasteiger partial charge in [0.05, 0.1) is 0 Å². The molecule has 0 aromatic rings. The maximum absolute atomic E-state index is 11.9. The second-order valence-electron chi connectivity index (χ2n) is 5.96. The van der Waals surface area contributed by atoms with Gasteiger partial charge in [-0.05, 0) is 58.7 Å². The normalized spacial score (nSPS) is 18.9. The molecule has 0 atom stereocenters. The van der Waals surface area contributed by atoms with Crippen molar-refractivity contribution >= 4 is 5.91 Å². The lowest BCUT2D eigenvalue weighted by atomic mass is 9.95. The minimum absolute atomic E-state index is 0.243. The highest BCUT2D eigenvalue weighted by molar-refractivity contribution is 5.78. The lowest BCUT2D eigenvalue weighted by Crippen LogP contribution is -2.42. The number of carbonyl (C=O) groups excluding carboxylic acids is 1. The van der Waals surface area contributed by atoms with Crippen molar-refractivity contribution in [1.82, 2.24) is 10.2 Å². The summed E-state index contributed by atoms with van der Waals surface area (Å²) < 4.78 is 0. The molecule has 3 heteroatoms. The number of likely N-dealkylation sites (tertiary alicyclic amines) is 1. The maximum Gasteiger partial charge on any atom is 0.223 e. The molecule has 0 saturated carbocycles. The molecular weight excluding hydrogens is 212 g/mol. The zero-order valence-corrected chi connectivity index (χ0v) is 11.8. The van der Waals surface area contributed by atoms with Gasteiger partial charge in [-0.1, -0.05) is 13.8 Å². The van der Waals surface area contributed by atoms with Crippen LogP contribution in [0.1, 0.15) is 47.0 Å². The van der Waals surface area contributed by atoms with E-state index in [4.69, 9.17) is 0 Å². The van der Waals surface area contributed by atoms with Crippen LogP contribution in [-0.4, -0.2) is 36.5 Å². The number of hydrogen-bond acceptors (Lipinski definition) is 2. The molecule has 1 aliphatic rings. The molecule has 0 aromatic heterocycles. The summed E-state index contributed by atoms with van der Waals surface area (Å²) >= 11 is 0. The fourth-order valence-corrected chi connectivity index (χ4v) is 2.26. The monoisotopic (exact) mass is 240 g/mol. The fraction of sp³-hybridized carbons (Fsp3) is 0.929. The van der Waals surface area contributed by atoms with Crippen LogP contribution in [0.3, 0.4) is 0 Å². The maximum atomic E-state index is 11.9. The van der Waals surface area contributed by atoms with Gasteiger partial charge in [-0.2, -0.15) is 0 Å². The lowest BCUT2D eigenvalue weighted by Gasteiger charge is -2.32. The summed E-state index contributed by atoms with van der Waals surface area (Å²) in [6.07, 6.45) is 3.32. The van der Waals surface area contributed by atoms with Gasteiger partial charge in [-0.3, -0.25) is 4.79 Å². The van der Waals surface area contributed by atoms with Crippen molar-refractivity contribution < 1.29 is 4.79 Å². The summed E-state index contributed by atoms with van der Waals surface area (Å²) in [5, 5.41) is 3.02. The SMILES string of the molecule is CC(C)CCN1CCC(C(=O)NC(C)C)CC1. The average Bonchev–Trinajstić information content (AvgIpc) is 2.26. The van der Waals surface area contributed by atoms with E-state index in [0.29, 0.717) is 0 Å². The molecule has 17 heavy (non-hydrogen) atoms. The van der Waals surface area contributed by atoms with E-state index in [1.165, 1.54) is 13.0 Å².